The topological polar surface area (TPSA) is 96.0 Å². The Hall–Kier alpha value is -3.56. The summed E-state index contributed by atoms with van der Waals surface area (Å²) >= 11 is 6.00. The van der Waals surface area contributed by atoms with E-state index in [4.69, 9.17) is 16.3 Å². The van der Waals surface area contributed by atoms with Crippen LogP contribution in [-0.2, 0) is 26.2 Å². The number of sulfonamides is 1. The number of ether oxygens (including phenoxy) is 1. The number of anilines is 1. The normalized spacial score (nSPS) is 11.9. The molecule has 8 nitrogen and oxygen atoms in total. The number of carbonyl (C=O) groups excluding carboxylic acids is 2. The fraction of sp³-hybridized carbons (Fsp3) is 0.310. The number of halogens is 1. The predicted molar refractivity (Wildman–Crippen MR) is 154 cm³/mol. The molecule has 0 radical (unpaired) electrons. The van der Waals surface area contributed by atoms with Crippen molar-refractivity contribution in [2.75, 3.05) is 25.0 Å². The number of rotatable bonds is 11. The van der Waals surface area contributed by atoms with E-state index >= 15 is 0 Å². The summed E-state index contributed by atoms with van der Waals surface area (Å²) in [7, 11) is -1.11. The minimum atomic E-state index is -4.16. The minimum Gasteiger partial charge on any atom is -0.497 e. The average molecular weight is 572 g/mol. The molecule has 1 atom stereocenters. The zero-order valence-corrected chi connectivity index (χ0v) is 24.3. The van der Waals surface area contributed by atoms with Crippen LogP contribution in [0.25, 0.3) is 0 Å². The second-order valence-corrected chi connectivity index (χ2v) is 11.4. The second kappa shape index (κ2) is 13.0. The molecule has 2 amide bonds. The second-order valence-electron chi connectivity index (χ2n) is 9.15. The van der Waals surface area contributed by atoms with Crippen LogP contribution in [0.15, 0.2) is 71.6 Å². The molecule has 3 aromatic carbocycles. The van der Waals surface area contributed by atoms with Gasteiger partial charge < -0.3 is 15.0 Å². The maximum Gasteiger partial charge on any atom is 0.264 e. The number of nitrogens with zero attached hydrogens (tertiary/aromatic N) is 2. The Morgan fingerprint density at radius 2 is 1.69 bits per heavy atom. The summed E-state index contributed by atoms with van der Waals surface area (Å²) < 4.78 is 34.2. The first-order chi connectivity index (χ1) is 18.5. The summed E-state index contributed by atoms with van der Waals surface area (Å²) in [6.45, 7) is 5.18. The number of methoxy groups -OCH3 is 1. The lowest BCUT2D eigenvalue weighted by atomic mass is 10.1. The van der Waals surface area contributed by atoms with Crippen LogP contribution >= 0.6 is 11.6 Å². The highest BCUT2D eigenvalue weighted by Crippen LogP contribution is 2.27. The van der Waals surface area contributed by atoms with Gasteiger partial charge in [-0.2, -0.15) is 0 Å². The van der Waals surface area contributed by atoms with Crippen molar-refractivity contribution in [1.29, 1.82) is 0 Å². The maximum atomic E-state index is 14.0. The lowest BCUT2D eigenvalue weighted by molar-refractivity contribution is -0.140. The molecule has 0 aliphatic carbocycles. The minimum absolute atomic E-state index is 0.00406. The van der Waals surface area contributed by atoms with Crippen LogP contribution in [0.3, 0.4) is 0 Å². The van der Waals surface area contributed by atoms with E-state index in [2.05, 4.69) is 5.32 Å². The quantitative estimate of drug-likeness (QED) is 0.359. The molecule has 0 saturated heterocycles. The van der Waals surface area contributed by atoms with Crippen molar-refractivity contribution >= 4 is 39.1 Å². The third kappa shape index (κ3) is 7.10. The molecule has 1 N–H and O–H groups in total. The Morgan fingerprint density at radius 1 is 1.00 bits per heavy atom. The number of carbonyl (C=O) groups is 2. The number of hydrogen-bond acceptors (Lipinski definition) is 5. The molecule has 0 bridgehead atoms. The van der Waals surface area contributed by atoms with Gasteiger partial charge >= 0.3 is 0 Å². The molecule has 39 heavy (non-hydrogen) atoms. The third-order valence-corrected chi connectivity index (χ3v) is 8.62. The predicted octanol–water partition coefficient (Wildman–Crippen LogP) is 4.71. The first-order valence-electron chi connectivity index (χ1n) is 12.5. The molecule has 3 rings (SSSR count). The van der Waals surface area contributed by atoms with Gasteiger partial charge in [0, 0.05) is 18.6 Å². The highest BCUT2D eigenvalue weighted by Gasteiger charge is 2.33. The van der Waals surface area contributed by atoms with E-state index in [-0.39, 0.29) is 17.3 Å². The van der Waals surface area contributed by atoms with Crippen molar-refractivity contribution in [3.63, 3.8) is 0 Å². The van der Waals surface area contributed by atoms with Crippen molar-refractivity contribution in [3.8, 4) is 5.75 Å². The molecule has 208 valence electrons. The fourth-order valence-corrected chi connectivity index (χ4v) is 5.73. The van der Waals surface area contributed by atoms with Gasteiger partial charge in [0.25, 0.3) is 10.0 Å². The molecule has 1 unspecified atom stereocenters. The van der Waals surface area contributed by atoms with Crippen LogP contribution in [0.4, 0.5) is 5.69 Å². The van der Waals surface area contributed by atoms with Gasteiger partial charge in [0.15, 0.2) is 0 Å². The zero-order valence-electron chi connectivity index (χ0n) is 22.8. The van der Waals surface area contributed by atoms with Gasteiger partial charge in [-0.3, -0.25) is 13.9 Å². The Kier molecular flexibility index (Phi) is 9.99. The largest absolute Gasteiger partial charge is 0.497 e. The van der Waals surface area contributed by atoms with Crippen molar-refractivity contribution < 1.29 is 22.7 Å². The molecule has 0 aliphatic heterocycles. The lowest BCUT2D eigenvalue weighted by Gasteiger charge is -2.33. The van der Waals surface area contributed by atoms with Crippen molar-refractivity contribution in [2.24, 2.45) is 0 Å². The average Bonchev–Trinajstić information content (AvgIpc) is 2.93. The summed E-state index contributed by atoms with van der Waals surface area (Å²) in [6.07, 6.45) is 0.336. The van der Waals surface area contributed by atoms with Crippen LogP contribution in [-0.4, -0.2) is 51.9 Å². The fourth-order valence-electron chi connectivity index (χ4n) is 4.20. The van der Waals surface area contributed by atoms with Gasteiger partial charge in [-0.15, -0.1) is 0 Å². The van der Waals surface area contributed by atoms with E-state index in [9.17, 15) is 18.0 Å². The van der Waals surface area contributed by atoms with Crippen LogP contribution < -0.4 is 14.4 Å². The summed E-state index contributed by atoms with van der Waals surface area (Å²) in [5.74, 6) is -0.258. The van der Waals surface area contributed by atoms with Crippen molar-refractivity contribution in [2.45, 2.75) is 44.7 Å². The third-order valence-electron chi connectivity index (χ3n) is 6.58. The first kappa shape index (κ1) is 30.0. The Morgan fingerprint density at radius 3 is 2.28 bits per heavy atom. The van der Waals surface area contributed by atoms with E-state index < -0.39 is 28.5 Å². The Bertz CT molecular complexity index is 1430. The van der Waals surface area contributed by atoms with Crippen LogP contribution in [0.2, 0.25) is 5.02 Å². The maximum absolute atomic E-state index is 14.0. The Labute approximate surface area is 235 Å². The molecular weight excluding hydrogens is 538 g/mol. The number of benzene rings is 3. The molecular formula is C29H34ClN3O5S. The van der Waals surface area contributed by atoms with E-state index in [0.717, 1.165) is 21.0 Å². The number of amides is 2. The summed E-state index contributed by atoms with van der Waals surface area (Å²) in [6, 6.07) is 17.4. The standard InChI is InChI=1S/C29H34ClN3O5S/c1-6-27(29(35)31-4)32(18-22-8-7-9-25(17-22)38-5)28(34)19-33(24-13-10-20(2)21(3)16-24)39(36,37)26-14-11-23(30)12-15-26/h7-17,27H,6,18-19H2,1-5H3,(H,31,35). The molecule has 0 spiro atoms. The zero-order chi connectivity index (χ0) is 28.7. The highest BCUT2D eigenvalue weighted by molar-refractivity contribution is 7.92. The number of nitrogens with one attached hydrogen (secondary N) is 1. The summed E-state index contributed by atoms with van der Waals surface area (Å²) in [5, 5.41) is 3.01. The van der Waals surface area contributed by atoms with E-state index in [1.165, 1.54) is 36.2 Å². The summed E-state index contributed by atoms with van der Waals surface area (Å²) in [5.41, 5.74) is 2.94. The first-order valence-corrected chi connectivity index (χ1v) is 14.3. The van der Waals surface area contributed by atoms with Crippen LogP contribution in [0, 0.1) is 13.8 Å². The SMILES string of the molecule is CCC(C(=O)NC)N(Cc1cccc(OC)c1)C(=O)CN(c1ccc(C)c(C)c1)S(=O)(=O)c1ccc(Cl)cc1. The molecule has 0 saturated carbocycles. The number of hydrogen-bond donors (Lipinski definition) is 1. The van der Waals surface area contributed by atoms with Crippen molar-refractivity contribution in [3.05, 3.63) is 88.4 Å². The smallest absolute Gasteiger partial charge is 0.264 e. The van der Waals surface area contributed by atoms with Gasteiger partial charge in [0.1, 0.15) is 18.3 Å². The van der Waals surface area contributed by atoms with Gasteiger partial charge in [-0.05, 0) is 85.5 Å². The molecule has 0 fully saturated rings. The lowest BCUT2D eigenvalue weighted by Crippen LogP contribution is -2.51. The molecule has 0 aliphatic rings. The number of aryl methyl sites for hydroxylation is 2. The molecule has 0 aromatic heterocycles. The van der Waals surface area contributed by atoms with Gasteiger partial charge in [0.2, 0.25) is 11.8 Å². The monoisotopic (exact) mass is 571 g/mol. The van der Waals surface area contributed by atoms with Gasteiger partial charge in [-0.25, -0.2) is 8.42 Å². The summed E-state index contributed by atoms with van der Waals surface area (Å²) in [4.78, 5) is 28.2. The molecule has 0 heterocycles. The number of likely N-dealkylation sites (N-methyl/N-ethyl adjacent to an activating group) is 1. The van der Waals surface area contributed by atoms with Gasteiger partial charge in [-0.1, -0.05) is 36.7 Å². The van der Waals surface area contributed by atoms with E-state index in [1.807, 2.05) is 26.0 Å². The van der Waals surface area contributed by atoms with E-state index in [1.54, 1.807) is 44.4 Å². The molecule has 3 aromatic rings. The van der Waals surface area contributed by atoms with E-state index in [0.29, 0.717) is 22.9 Å². The molecule has 10 heteroatoms. The van der Waals surface area contributed by atoms with Crippen molar-refractivity contribution in [1.82, 2.24) is 10.2 Å². The van der Waals surface area contributed by atoms with Gasteiger partial charge in [0.05, 0.1) is 17.7 Å². The van der Waals surface area contributed by atoms with Crippen LogP contribution in [0.1, 0.15) is 30.0 Å². The van der Waals surface area contributed by atoms with Crippen LogP contribution in [0.5, 0.6) is 5.75 Å². The Balaban J connectivity index is 2.09. The highest BCUT2D eigenvalue weighted by atomic mass is 35.5.